The van der Waals surface area contributed by atoms with Gasteiger partial charge in [0.15, 0.2) is 4.34 Å². The van der Waals surface area contributed by atoms with Gasteiger partial charge in [-0.05, 0) is 53.2 Å². The van der Waals surface area contributed by atoms with Gasteiger partial charge in [-0.25, -0.2) is 8.42 Å². The number of hydrogen-bond acceptors (Lipinski definition) is 8. The van der Waals surface area contributed by atoms with E-state index in [4.69, 9.17) is 4.74 Å². The number of methoxy groups -OCH3 is 1. The minimum Gasteiger partial charge on any atom is -0.496 e. The first-order valence-corrected chi connectivity index (χ1v) is 13.8. The topological polar surface area (TPSA) is 101 Å². The molecule has 0 aliphatic carbocycles. The SMILES string of the molecule is COc1ccc(S(=O)(=O)N(CC(=O)Nc2nnc(SC(C)C)s2)c2ccc(C)cc2)cc1Br. The smallest absolute Gasteiger partial charge is 0.264 e. The lowest BCUT2D eigenvalue weighted by atomic mass is 10.2. The van der Waals surface area contributed by atoms with Gasteiger partial charge in [-0.15, -0.1) is 10.2 Å². The molecule has 3 rings (SSSR count). The monoisotopic (exact) mass is 570 g/mol. The molecule has 1 N–H and O–H groups in total. The number of anilines is 2. The maximum atomic E-state index is 13.5. The number of carbonyl (C=O) groups is 1. The van der Waals surface area contributed by atoms with Gasteiger partial charge in [0, 0.05) is 5.25 Å². The van der Waals surface area contributed by atoms with Crippen molar-refractivity contribution in [3.8, 4) is 5.75 Å². The van der Waals surface area contributed by atoms with Gasteiger partial charge in [0.1, 0.15) is 12.3 Å². The number of nitrogens with one attached hydrogen (secondary N) is 1. The van der Waals surface area contributed by atoms with Crippen LogP contribution in [0.5, 0.6) is 5.75 Å². The van der Waals surface area contributed by atoms with E-state index in [2.05, 4.69) is 31.4 Å². The summed E-state index contributed by atoms with van der Waals surface area (Å²) in [7, 11) is -2.57. The lowest BCUT2D eigenvalue weighted by Gasteiger charge is -2.24. The summed E-state index contributed by atoms with van der Waals surface area (Å²) in [5.41, 5.74) is 1.34. The zero-order chi connectivity index (χ0) is 24.2. The summed E-state index contributed by atoms with van der Waals surface area (Å²) in [6, 6.07) is 11.4. The molecule has 1 amide bonds. The van der Waals surface area contributed by atoms with Gasteiger partial charge in [0.2, 0.25) is 11.0 Å². The predicted octanol–water partition coefficient (Wildman–Crippen LogP) is 4.95. The van der Waals surface area contributed by atoms with E-state index in [0.29, 0.717) is 26.3 Å². The number of aromatic nitrogens is 2. The van der Waals surface area contributed by atoms with Crippen LogP contribution in [0.25, 0.3) is 0 Å². The average molecular weight is 572 g/mol. The van der Waals surface area contributed by atoms with E-state index >= 15 is 0 Å². The van der Waals surface area contributed by atoms with Crippen LogP contribution in [-0.2, 0) is 14.8 Å². The Hall–Kier alpha value is -2.15. The Morgan fingerprint density at radius 1 is 1.21 bits per heavy atom. The number of benzene rings is 2. The fourth-order valence-electron chi connectivity index (χ4n) is 2.76. The molecular weight excluding hydrogens is 548 g/mol. The maximum Gasteiger partial charge on any atom is 0.264 e. The molecular formula is C21H23BrN4O4S3. The van der Waals surface area contributed by atoms with Crippen molar-refractivity contribution in [1.82, 2.24) is 10.2 Å². The van der Waals surface area contributed by atoms with Crippen LogP contribution in [0.15, 0.2) is 56.2 Å². The molecule has 1 aromatic heterocycles. The molecule has 1 heterocycles. The maximum absolute atomic E-state index is 13.5. The zero-order valence-corrected chi connectivity index (χ0v) is 22.4. The number of carbonyl (C=O) groups excluding carboxylic acids is 1. The van der Waals surface area contributed by atoms with Crippen molar-refractivity contribution in [3.63, 3.8) is 0 Å². The third-order valence-corrected chi connectivity index (χ3v) is 8.63. The third kappa shape index (κ3) is 6.46. The Morgan fingerprint density at radius 2 is 1.91 bits per heavy atom. The summed E-state index contributed by atoms with van der Waals surface area (Å²) in [4.78, 5) is 12.8. The van der Waals surface area contributed by atoms with Crippen molar-refractivity contribution in [2.75, 3.05) is 23.3 Å². The van der Waals surface area contributed by atoms with Crippen LogP contribution in [0, 0.1) is 6.92 Å². The molecule has 0 radical (unpaired) electrons. The summed E-state index contributed by atoms with van der Waals surface area (Å²) < 4.78 is 34.6. The molecule has 0 spiro atoms. The van der Waals surface area contributed by atoms with Crippen molar-refractivity contribution >= 4 is 65.8 Å². The number of rotatable bonds is 9. The highest BCUT2D eigenvalue weighted by molar-refractivity contribution is 9.10. The molecule has 0 fully saturated rings. The standard InChI is InChI=1S/C21H23BrN4O4S3/c1-13(2)31-21-25-24-20(32-21)23-19(27)12-26(15-7-5-14(3)6-8-15)33(28,29)16-9-10-18(30-4)17(22)11-16/h5-11,13H,12H2,1-4H3,(H,23,24,27). The second-order valence-electron chi connectivity index (χ2n) is 7.23. The normalized spacial score (nSPS) is 11.5. The Labute approximate surface area is 209 Å². The van der Waals surface area contributed by atoms with E-state index in [1.807, 2.05) is 20.8 Å². The van der Waals surface area contributed by atoms with Crippen molar-refractivity contribution < 1.29 is 17.9 Å². The van der Waals surface area contributed by atoms with Crippen LogP contribution in [0.2, 0.25) is 0 Å². The number of hydrogen-bond donors (Lipinski definition) is 1. The highest BCUT2D eigenvalue weighted by atomic mass is 79.9. The van der Waals surface area contributed by atoms with Gasteiger partial charge in [0.05, 0.1) is 22.2 Å². The highest BCUT2D eigenvalue weighted by Crippen LogP contribution is 2.31. The number of thioether (sulfide) groups is 1. The van der Waals surface area contributed by atoms with Crippen molar-refractivity contribution in [2.24, 2.45) is 0 Å². The number of nitrogens with zero attached hydrogens (tertiary/aromatic N) is 3. The minimum absolute atomic E-state index is 0.0232. The lowest BCUT2D eigenvalue weighted by molar-refractivity contribution is -0.114. The van der Waals surface area contributed by atoms with E-state index in [0.717, 1.165) is 14.2 Å². The Kier molecular flexibility index (Phi) is 8.38. The van der Waals surface area contributed by atoms with E-state index in [-0.39, 0.29) is 4.90 Å². The molecule has 0 bridgehead atoms. The van der Waals surface area contributed by atoms with Gasteiger partial charge in [-0.3, -0.25) is 14.4 Å². The number of ether oxygens (including phenoxy) is 1. The second-order valence-corrected chi connectivity index (χ2v) is 12.7. The first-order valence-electron chi connectivity index (χ1n) is 9.83. The summed E-state index contributed by atoms with van der Waals surface area (Å²) in [5, 5.41) is 11.3. The van der Waals surface area contributed by atoms with E-state index in [1.54, 1.807) is 30.3 Å². The van der Waals surface area contributed by atoms with E-state index in [9.17, 15) is 13.2 Å². The fraction of sp³-hybridized carbons (Fsp3) is 0.286. The van der Waals surface area contributed by atoms with Crippen LogP contribution < -0.4 is 14.4 Å². The summed E-state index contributed by atoms with van der Waals surface area (Å²) in [6.07, 6.45) is 0. The largest absolute Gasteiger partial charge is 0.496 e. The van der Waals surface area contributed by atoms with Crippen LogP contribution in [-0.4, -0.2) is 43.4 Å². The van der Waals surface area contributed by atoms with Crippen LogP contribution in [0.3, 0.4) is 0 Å². The van der Waals surface area contributed by atoms with Crippen LogP contribution >= 0.6 is 39.0 Å². The van der Waals surface area contributed by atoms with Crippen molar-refractivity contribution in [3.05, 3.63) is 52.5 Å². The predicted molar refractivity (Wildman–Crippen MR) is 136 cm³/mol. The van der Waals surface area contributed by atoms with Crippen LogP contribution in [0.4, 0.5) is 10.8 Å². The molecule has 0 aliphatic rings. The molecule has 0 saturated carbocycles. The molecule has 176 valence electrons. The summed E-state index contributed by atoms with van der Waals surface area (Å²) in [5.74, 6) is -0.0242. The lowest BCUT2D eigenvalue weighted by Crippen LogP contribution is -2.38. The van der Waals surface area contributed by atoms with Crippen LogP contribution in [0.1, 0.15) is 19.4 Å². The molecule has 8 nitrogen and oxygen atoms in total. The zero-order valence-electron chi connectivity index (χ0n) is 18.4. The first-order chi connectivity index (χ1) is 15.6. The molecule has 0 saturated heterocycles. The Balaban J connectivity index is 1.90. The van der Waals surface area contributed by atoms with Crippen molar-refractivity contribution in [1.29, 1.82) is 0 Å². The van der Waals surface area contributed by atoms with Crippen molar-refractivity contribution in [2.45, 2.75) is 35.3 Å². The van der Waals surface area contributed by atoms with E-state index in [1.165, 1.54) is 42.3 Å². The Bertz CT molecular complexity index is 1230. The van der Waals surface area contributed by atoms with Gasteiger partial charge in [0.25, 0.3) is 10.0 Å². The molecule has 2 aromatic carbocycles. The first kappa shape index (κ1) is 25.5. The van der Waals surface area contributed by atoms with Gasteiger partial charge in [-0.1, -0.05) is 54.6 Å². The quantitative estimate of drug-likeness (QED) is 0.287. The summed E-state index contributed by atoms with van der Waals surface area (Å²) >= 11 is 6.11. The van der Waals surface area contributed by atoms with E-state index < -0.39 is 22.5 Å². The average Bonchev–Trinajstić information content (AvgIpc) is 3.18. The fourth-order valence-corrected chi connectivity index (χ4v) is 6.89. The molecule has 33 heavy (non-hydrogen) atoms. The number of amides is 1. The third-order valence-electron chi connectivity index (χ3n) is 4.31. The molecule has 12 heteroatoms. The minimum atomic E-state index is -4.06. The molecule has 0 unspecified atom stereocenters. The molecule has 0 aliphatic heterocycles. The summed E-state index contributed by atoms with van der Waals surface area (Å²) in [6.45, 7) is 5.54. The van der Waals surface area contributed by atoms with Gasteiger partial charge >= 0.3 is 0 Å². The molecule has 0 atom stereocenters. The van der Waals surface area contributed by atoms with Gasteiger partial charge < -0.3 is 4.74 Å². The number of sulfonamides is 1. The number of aryl methyl sites for hydroxylation is 1. The van der Waals surface area contributed by atoms with Gasteiger partial charge in [-0.2, -0.15) is 0 Å². The highest BCUT2D eigenvalue weighted by Gasteiger charge is 2.28. The second kappa shape index (κ2) is 10.9. The Morgan fingerprint density at radius 3 is 2.52 bits per heavy atom. The molecule has 3 aromatic rings. The number of halogens is 1.